The first-order valence-electron chi connectivity index (χ1n) is 11.4. The predicted molar refractivity (Wildman–Crippen MR) is 127 cm³/mol. The Morgan fingerprint density at radius 1 is 1.06 bits per heavy atom. The van der Waals surface area contributed by atoms with Gasteiger partial charge in [0.05, 0.1) is 0 Å². The van der Waals surface area contributed by atoms with Crippen LogP contribution in [0.15, 0.2) is 58.7 Å². The molecule has 0 saturated carbocycles. The molecule has 0 aromatic heterocycles. The predicted octanol–water partition coefficient (Wildman–Crippen LogP) is 2.95. The standard InChI is InChI=1S/C26H36O8/c1-15(11-12-18-17(3)10-7-13-26(18,4)5)8-6-9-16(2)14-19(27)33-25-22(30)20(28)21(29)23(34-25)24(31)32/h6,8-9,11-12,14,20-23,25,28-30H,7,10,13H2,1-5H3,(H,31,32)/b9-6+,12-11-,15-8-,16-14-/t20-,21-,22+,23-,25+/m0/s1. The van der Waals surface area contributed by atoms with Crippen LogP contribution in [0.5, 0.6) is 0 Å². The van der Waals surface area contributed by atoms with Gasteiger partial charge in [-0.1, -0.05) is 55.4 Å². The zero-order valence-corrected chi connectivity index (χ0v) is 20.4. The second kappa shape index (κ2) is 11.8. The number of carboxylic acid groups (broad SMARTS) is 1. The molecule has 2 rings (SSSR count). The highest BCUT2D eigenvalue weighted by Gasteiger charge is 2.48. The number of aliphatic carboxylic acids is 1. The fourth-order valence-corrected chi connectivity index (χ4v) is 4.16. The molecule has 1 saturated heterocycles. The second-order valence-corrected chi connectivity index (χ2v) is 9.59. The van der Waals surface area contributed by atoms with Crippen molar-refractivity contribution in [3.8, 4) is 0 Å². The first-order chi connectivity index (χ1) is 15.8. The Bertz CT molecular complexity index is 921. The number of carbonyl (C=O) groups is 2. The number of hydrogen-bond acceptors (Lipinski definition) is 7. The van der Waals surface area contributed by atoms with Gasteiger partial charge in [-0.2, -0.15) is 0 Å². The van der Waals surface area contributed by atoms with E-state index in [0.29, 0.717) is 5.57 Å². The van der Waals surface area contributed by atoms with E-state index < -0.39 is 42.6 Å². The van der Waals surface area contributed by atoms with Gasteiger partial charge in [-0.3, -0.25) is 0 Å². The van der Waals surface area contributed by atoms with Gasteiger partial charge in [0, 0.05) is 6.08 Å². The number of hydrogen-bond donors (Lipinski definition) is 4. The largest absolute Gasteiger partial charge is 0.479 e. The number of ether oxygens (including phenoxy) is 2. The van der Waals surface area contributed by atoms with Gasteiger partial charge >= 0.3 is 11.9 Å². The SMILES string of the molecule is CC1=C(\C=C/C(C)=C\C=C\C(C)=C/C(=O)O[C@@H]2O[C@H](C(=O)O)[C@@H](O)[C@H](O)[C@H]2O)C(C)(C)CCC1. The summed E-state index contributed by atoms with van der Waals surface area (Å²) in [5.74, 6) is -2.44. The van der Waals surface area contributed by atoms with Crippen molar-refractivity contribution in [1.82, 2.24) is 0 Å². The number of rotatable bonds is 7. The Morgan fingerprint density at radius 3 is 2.35 bits per heavy atom. The number of allylic oxidation sites excluding steroid dienone is 9. The Hall–Kier alpha value is -2.52. The van der Waals surface area contributed by atoms with Crippen LogP contribution in [0.4, 0.5) is 0 Å². The minimum absolute atomic E-state index is 0.170. The van der Waals surface area contributed by atoms with E-state index in [1.807, 2.05) is 13.0 Å². The van der Waals surface area contributed by atoms with E-state index in [9.17, 15) is 24.9 Å². The first-order valence-corrected chi connectivity index (χ1v) is 11.4. The molecule has 5 atom stereocenters. The van der Waals surface area contributed by atoms with Gasteiger partial charge in [0.2, 0.25) is 6.29 Å². The van der Waals surface area contributed by atoms with Crippen LogP contribution in [0.25, 0.3) is 0 Å². The lowest BCUT2D eigenvalue weighted by Crippen LogP contribution is -2.60. The molecule has 0 amide bonds. The molecule has 0 spiro atoms. The fraction of sp³-hybridized carbons (Fsp3) is 0.538. The summed E-state index contributed by atoms with van der Waals surface area (Å²) in [5.41, 5.74) is 4.56. The summed E-state index contributed by atoms with van der Waals surface area (Å²) in [6, 6.07) is 0. The minimum atomic E-state index is -1.85. The van der Waals surface area contributed by atoms with Gasteiger partial charge in [0.15, 0.2) is 6.10 Å². The smallest absolute Gasteiger partial charge is 0.335 e. The van der Waals surface area contributed by atoms with Gasteiger partial charge in [-0.15, -0.1) is 0 Å². The van der Waals surface area contributed by atoms with Gasteiger partial charge in [-0.05, 0) is 56.6 Å². The third kappa shape index (κ3) is 7.24. The summed E-state index contributed by atoms with van der Waals surface area (Å²) in [7, 11) is 0. The molecule has 188 valence electrons. The van der Waals surface area contributed by atoms with Crippen LogP contribution >= 0.6 is 0 Å². The van der Waals surface area contributed by atoms with E-state index in [4.69, 9.17) is 14.6 Å². The maximum absolute atomic E-state index is 12.2. The van der Waals surface area contributed by atoms with E-state index in [1.54, 1.807) is 19.1 Å². The molecular formula is C26H36O8. The highest BCUT2D eigenvalue weighted by Crippen LogP contribution is 2.40. The molecule has 4 N–H and O–H groups in total. The van der Waals surface area contributed by atoms with Crippen molar-refractivity contribution in [3.63, 3.8) is 0 Å². The summed E-state index contributed by atoms with van der Waals surface area (Å²) < 4.78 is 9.88. The Labute approximate surface area is 200 Å². The molecule has 0 unspecified atom stereocenters. The molecule has 1 aliphatic heterocycles. The molecule has 8 heteroatoms. The summed E-state index contributed by atoms with van der Waals surface area (Å²) in [5, 5.41) is 38.5. The molecule has 8 nitrogen and oxygen atoms in total. The number of aliphatic hydroxyl groups is 3. The van der Waals surface area contributed by atoms with Crippen LogP contribution in [-0.2, 0) is 19.1 Å². The third-order valence-electron chi connectivity index (χ3n) is 6.16. The zero-order chi connectivity index (χ0) is 25.6. The van der Waals surface area contributed by atoms with Crippen LogP contribution in [0.3, 0.4) is 0 Å². The van der Waals surface area contributed by atoms with Gasteiger partial charge in [0.25, 0.3) is 0 Å². The van der Waals surface area contributed by atoms with Crippen molar-refractivity contribution in [2.24, 2.45) is 5.41 Å². The average molecular weight is 477 g/mol. The monoisotopic (exact) mass is 476 g/mol. The molecule has 1 fully saturated rings. The Kier molecular flexibility index (Phi) is 9.58. The van der Waals surface area contributed by atoms with Crippen LogP contribution < -0.4 is 0 Å². The lowest BCUT2D eigenvalue weighted by atomic mass is 9.72. The minimum Gasteiger partial charge on any atom is -0.479 e. The van der Waals surface area contributed by atoms with Gasteiger partial charge in [0.1, 0.15) is 18.3 Å². The summed E-state index contributed by atoms with van der Waals surface area (Å²) in [4.78, 5) is 23.3. The maximum atomic E-state index is 12.2. The highest BCUT2D eigenvalue weighted by molar-refractivity contribution is 5.83. The third-order valence-corrected chi connectivity index (χ3v) is 6.16. The van der Waals surface area contributed by atoms with E-state index in [0.717, 1.165) is 18.1 Å². The molecule has 0 bridgehead atoms. The number of carboxylic acids is 1. The molecule has 1 heterocycles. The van der Waals surface area contributed by atoms with Crippen molar-refractivity contribution in [1.29, 1.82) is 0 Å². The summed E-state index contributed by atoms with van der Waals surface area (Å²) >= 11 is 0. The van der Waals surface area contributed by atoms with Crippen molar-refractivity contribution >= 4 is 11.9 Å². The molecule has 0 radical (unpaired) electrons. The fourth-order valence-electron chi connectivity index (χ4n) is 4.16. The van der Waals surface area contributed by atoms with Crippen LogP contribution in [0.1, 0.15) is 53.9 Å². The molecule has 34 heavy (non-hydrogen) atoms. The topological polar surface area (TPSA) is 134 Å². The Morgan fingerprint density at radius 2 is 1.74 bits per heavy atom. The van der Waals surface area contributed by atoms with Crippen LogP contribution in [-0.4, -0.2) is 63.1 Å². The van der Waals surface area contributed by atoms with E-state index in [-0.39, 0.29) is 5.41 Å². The number of esters is 1. The van der Waals surface area contributed by atoms with Gasteiger partial charge < -0.3 is 29.9 Å². The molecule has 0 aromatic rings. The number of aliphatic hydroxyl groups excluding tert-OH is 3. The maximum Gasteiger partial charge on any atom is 0.335 e. The second-order valence-electron chi connectivity index (χ2n) is 9.59. The van der Waals surface area contributed by atoms with Crippen LogP contribution in [0, 0.1) is 5.41 Å². The van der Waals surface area contributed by atoms with Crippen LogP contribution in [0.2, 0.25) is 0 Å². The lowest BCUT2D eigenvalue weighted by Gasteiger charge is -2.37. The van der Waals surface area contributed by atoms with E-state index in [1.165, 1.54) is 24.0 Å². The highest BCUT2D eigenvalue weighted by atomic mass is 16.7. The lowest BCUT2D eigenvalue weighted by molar-refractivity contribution is -0.284. The van der Waals surface area contributed by atoms with Crippen molar-refractivity contribution in [3.05, 3.63) is 58.7 Å². The molecule has 1 aliphatic carbocycles. The summed E-state index contributed by atoms with van der Waals surface area (Å²) in [6.07, 6.45) is 5.29. The van der Waals surface area contributed by atoms with E-state index >= 15 is 0 Å². The van der Waals surface area contributed by atoms with E-state index in [2.05, 4.69) is 32.9 Å². The van der Waals surface area contributed by atoms with Crippen molar-refractivity contribution in [2.75, 3.05) is 0 Å². The van der Waals surface area contributed by atoms with Gasteiger partial charge in [-0.25, -0.2) is 9.59 Å². The Balaban J connectivity index is 1.98. The normalized spacial score (nSPS) is 30.8. The van der Waals surface area contributed by atoms with Crippen molar-refractivity contribution in [2.45, 2.75) is 84.6 Å². The van der Waals surface area contributed by atoms with Crippen molar-refractivity contribution < 1.29 is 39.5 Å². The first kappa shape index (κ1) is 27.7. The number of carbonyl (C=O) groups excluding carboxylic acids is 1. The zero-order valence-electron chi connectivity index (χ0n) is 20.4. The molecular weight excluding hydrogens is 440 g/mol. The average Bonchev–Trinajstić information content (AvgIpc) is 2.73. The summed E-state index contributed by atoms with van der Waals surface area (Å²) in [6.45, 7) is 10.4. The quantitative estimate of drug-likeness (QED) is 0.250. The molecule has 0 aromatic carbocycles. The molecule has 2 aliphatic rings.